The molecule has 3 rings (SSSR count). The van der Waals surface area contributed by atoms with Crippen LogP contribution in [0.4, 0.5) is 4.39 Å². The van der Waals surface area contributed by atoms with E-state index in [1.807, 2.05) is 18.2 Å². The van der Waals surface area contributed by atoms with Crippen LogP contribution < -0.4 is 4.74 Å². The van der Waals surface area contributed by atoms with Gasteiger partial charge in [0, 0.05) is 0 Å². The third-order valence-corrected chi connectivity index (χ3v) is 3.37. The van der Waals surface area contributed by atoms with Crippen LogP contribution in [-0.4, -0.2) is 12.9 Å². The molecule has 2 nitrogen and oxygen atoms in total. The lowest BCUT2D eigenvalue weighted by Gasteiger charge is -2.18. The van der Waals surface area contributed by atoms with Crippen molar-refractivity contribution in [3.8, 4) is 16.9 Å². The zero-order valence-corrected chi connectivity index (χ0v) is 10.4. The molecule has 0 atom stereocenters. The van der Waals surface area contributed by atoms with Crippen LogP contribution >= 0.6 is 0 Å². The van der Waals surface area contributed by atoms with Crippen molar-refractivity contribution in [2.45, 2.75) is 12.8 Å². The number of ether oxygens (including phenoxy) is 1. The van der Waals surface area contributed by atoms with Crippen LogP contribution in [0.2, 0.25) is 0 Å². The second-order valence-electron chi connectivity index (χ2n) is 4.63. The Morgan fingerprint density at radius 2 is 1.89 bits per heavy atom. The predicted molar refractivity (Wildman–Crippen MR) is 71.0 cm³/mol. The summed E-state index contributed by atoms with van der Waals surface area (Å²) in [6, 6.07) is 10.5. The Kier molecular flexibility index (Phi) is 3.03. The highest BCUT2D eigenvalue weighted by Gasteiger charge is 2.12. The number of hydrogen-bond acceptors (Lipinski definition) is 2. The molecule has 0 saturated carbocycles. The van der Waals surface area contributed by atoms with Crippen molar-refractivity contribution >= 4 is 6.29 Å². The van der Waals surface area contributed by atoms with E-state index in [1.165, 1.54) is 12.1 Å². The first-order valence-corrected chi connectivity index (χ1v) is 6.29. The average Bonchev–Trinajstić information content (AvgIpc) is 2.46. The minimum Gasteiger partial charge on any atom is -0.493 e. The van der Waals surface area contributed by atoms with Crippen LogP contribution in [0.3, 0.4) is 0 Å². The Hall–Kier alpha value is -2.16. The molecule has 2 aromatic rings. The third-order valence-electron chi connectivity index (χ3n) is 3.37. The van der Waals surface area contributed by atoms with Crippen molar-refractivity contribution in [3.05, 3.63) is 53.3 Å². The zero-order valence-electron chi connectivity index (χ0n) is 10.4. The molecule has 0 saturated heterocycles. The number of aryl methyl sites for hydroxylation is 1. The van der Waals surface area contributed by atoms with E-state index in [0.717, 1.165) is 41.9 Å². The molecule has 0 aromatic heterocycles. The summed E-state index contributed by atoms with van der Waals surface area (Å²) < 4.78 is 19.2. The van der Waals surface area contributed by atoms with Crippen LogP contribution in [0, 0.1) is 5.82 Å². The molecule has 1 aliphatic rings. The highest BCUT2D eigenvalue weighted by molar-refractivity contribution is 5.77. The maximum atomic E-state index is 13.6. The minimum atomic E-state index is -0.485. The molecular formula is C16H13FO2. The first-order valence-electron chi connectivity index (χ1n) is 6.29. The van der Waals surface area contributed by atoms with E-state index in [9.17, 15) is 9.18 Å². The van der Waals surface area contributed by atoms with Gasteiger partial charge in [-0.1, -0.05) is 12.1 Å². The maximum absolute atomic E-state index is 13.6. The fourth-order valence-electron chi connectivity index (χ4n) is 2.34. The lowest BCUT2D eigenvalue weighted by atomic mass is 9.98. The van der Waals surface area contributed by atoms with Gasteiger partial charge in [-0.25, -0.2) is 4.39 Å². The number of halogens is 1. The van der Waals surface area contributed by atoms with Gasteiger partial charge in [-0.2, -0.15) is 0 Å². The molecule has 0 radical (unpaired) electrons. The van der Waals surface area contributed by atoms with Gasteiger partial charge in [-0.05, 0) is 53.8 Å². The lowest BCUT2D eigenvalue weighted by molar-refractivity contribution is 0.112. The summed E-state index contributed by atoms with van der Waals surface area (Å²) in [6.07, 6.45) is 2.52. The zero-order chi connectivity index (χ0) is 13.2. The van der Waals surface area contributed by atoms with Gasteiger partial charge in [-0.3, -0.25) is 4.79 Å². The second-order valence-corrected chi connectivity index (χ2v) is 4.63. The number of aldehydes is 1. The van der Waals surface area contributed by atoms with Gasteiger partial charge >= 0.3 is 0 Å². The number of carbonyl (C=O) groups excluding carboxylic acids is 1. The maximum Gasteiger partial charge on any atom is 0.152 e. The smallest absolute Gasteiger partial charge is 0.152 e. The Morgan fingerprint density at radius 1 is 1.11 bits per heavy atom. The van der Waals surface area contributed by atoms with Crippen molar-refractivity contribution < 1.29 is 13.9 Å². The quantitative estimate of drug-likeness (QED) is 0.767. The SMILES string of the molecule is O=Cc1ccc(-c2ccc3c(c2)CCCO3)cc1F. The van der Waals surface area contributed by atoms with Crippen molar-refractivity contribution in [2.24, 2.45) is 0 Å². The fourth-order valence-corrected chi connectivity index (χ4v) is 2.34. The second kappa shape index (κ2) is 4.84. The first kappa shape index (κ1) is 11.9. The molecule has 2 aromatic carbocycles. The van der Waals surface area contributed by atoms with E-state index in [4.69, 9.17) is 4.74 Å². The molecule has 0 unspecified atom stereocenters. The van der Waals surface area contributed by atoms with E-state index in [2.05, 4.69) is 0 Å². The molecule has 1 aliphatic heterocycles. The molecule has 0 N–H and O–H groups in total. The molecule has 0 amide bonds. The van der Waals surface area contributed by atoms with Crippen LogP contribution in [0.25, 0.3) is 11.1 Å². The molecule has 0 bridgehead atoms. The predicted octanol–water partition coefficient (Wildman–Crippen LogP) is 3.63. The summed E-state index contributed by atoms with van der Waals surface area (Å²) in [5, 5.41) is 0. The van der Waals surface area contributed by atoms with Gasteiger partial charge in [-0.15, -0.1) is 0 Å². The summed E-state index contributed by atoms with van der Waals surface area (Å²) in [4.78, 5) is 10.6. The van der Waals surface area contributed by atoms with Gasteiger partial charge in [0.15, 0.2) is 6.29 Å². The van der Waals surface area contributed by atoms with E-state index in [1.54, 1.807) is 6.07 Å². The van der Waals surface area contributed by atoms with Crippen molar-refractivity contribution in [1.82, 2.24) is 0 Å². The standard InChI is InChI=1S/C16H13FO2/c17-15-9-12(3-4-14(15)10-18)11-5-6-16-13(8-11)2-1-7-19-16/h3-6,8-10H,1-2,7H2. The average molecular weight is 256 g/mol. The van der Waals surface area contributed by atoms with E-state index in [-0.39, 0.29) is 5.56 Å². The number of hydrogen-bond donors (Lipinski definition) is 0. The van der Waals surface area contributed by atoms with E-state index >= 15 is 0 Å². The number of carbonyl (C=O) groups is 1. The third kappa shape index (κ3) is 2.24. The number of fused-ring (bicyclic) bond motifs is 1. The lowest BCUT2D eigenvalue weighted by Crippen LogP contribution is -2.08. The highest BCUT2D eigenvalue weighted by atomic mass is 19.1. The van der Waals surface area contributed by atoms with Gasteiger partial charge in [0.1, 0.15) is 11.6 Å². The van der Waals surface area contributed by atoms with Gasteiger partial charge in [0.2, 0.25) is 0 Å². The summed E-state index contributed by atoms with van der Waals surface area (Å²) in [5.74, 6) is 0.432. The van der Waals surface area contributed by atoms with Crippen molar-refractivity contribution in [1.29, 1.82) is 0 Å². The molecule has 3 heteroatoms. The van der Waals surface area contributed by atoms with Gasteiger partial charge < -0.3 is 4.74 Å². The minimum absolute atomic E-state index is 0.0880. The summed E-state index contributed by atoms with van der Waals surface area (Å²) in [7, 11) is 0. The normalized spacial score (nSPS) is 13.5. The monoisotopic (exact) mass is 256 g/mol. The van der Waals surface area contributed by atoms with Gasteiger partial charge in [0.25, 0.3) is 0 Å². The van der Waals surface area contributed by atoms with Crippen LogP contribution in [0.15, 0.2) is 36.4 Å². The van der Waals surface area contributed by atoms with Crippen molar-refractivity contribution in [3.63, 3.8) is 0 Å². The molecule has 1 heterocycles. The molecule has 96 valence electrons. The van der Waals surface area contributed by atoms with E-state index in [0.29, 0.717) is 6.29 Å². The molecule has 0 aliphatic carbocycles. The molecule has 0 spiro atoms. The Balaban J connectivity index is 2.02. The number of benzene rings is 2. The molecule has 0 fully saturated rings. The topological polar surface area (TPSA) is 26.3 Å². The Bertz CT molecular complexity index is 635. The van der Waals surface area contributed by atoms with E-state index < -0.39 is 5.82 Å². The molecule has 19 heavy (non-hydrogen) atoms. The molecular weight excluding hydrogens is 243 g/mol. The Labute approximate surface area is 110 Å². The summed E-state index contributed by atoms with van der Waals surface area (Å²) in [6.45, 7) is 0.759. The largest absolute Gasteiger partial charge is 0.493 e. The van der Waals surface area contributed by atoms with Crippen molar-refractivity contribution in [2.75, 3.05) is 6.61 Å². The van der Waals surface area contributed by atoms with Crippen LogP contribution in [0.1, 0.15) is 22.3 Å². The van der Waals surface area contributed by atoms with Gasteiger partial charge in [0.05, 0.1) is 12.2 Å². The Morgan fingerprint density at radius 3 is 2.68 bits per heavy atom. The highest BCUT2D eigenvalue weighted by Crippen LogP contribution is 2.30. The number of rotatable bonds is 2. The van der Waals surface area contributed by atoms with Crippen LogP contribution in [-0.2, 0) is 6.42 Å². The summed E-state index contributed by atoms with van der Waals surface area (Å²) in [5.41, 5.74) is 2.96. The summed E-state index contributed by atoms with van der Waals surface area (Å²) >= 11 is 0. The fraction of sp³-hybridized carbons (Fsp3) is 0.188. The first-order chi connectivity index (χ1) is 9.28. The van der Waals surface area contributed by atoms with Crippen LogP contribution in [0.5, 0.6) is 5.75 Å².